The number of amides is 1. The number of hydrogen-bond donors (Lipinski definition) is 1. The summed E-state index contributed by atoms with van der Waals surface area (Å²) in [6.07, 6.45) is 3.37. The van der Waals surface area contributed by atoms with Gasteiger partial charge in [-0.2, -0.15) is 0 Å². The molecule has 0 aromatic rings. The van der Waals surface area contributed by atoms with Crippen molar-refractivity contribution in [2.24, 2.45) is 0 Å². The van der Waals surface area contributed by atoms with Gasteiger partial charge in [-0.3, -0.25) is 9.69 Å². The highest BCUT2D eigenvalue weighted by Crippen LogP contribution is 2.17. The van der Waals surface area contributed by atoms with Gasteiger partial charge in [0.25, 0.3) is 0 Å². The summed E-state index contributed by atoms with van der Waals surface area (Å²) in [5, 5.41) is 3.39. The number of likely N-dealkylation sites (tertiary alicyclic amines) is 1. The zero-order chi connectivity index (χ0) is 15.2. The van der Waals surface area contributed by atoms with Gasteiger partial charge < -0.3 is 15.1 Å². The SMILES string of the molecule is CC(C)N1CCC(N(C)C(=O)CN2CCCNCC2)CC1. The second kappa shape index (κ2) is 8.11. The van der Waals surface area contributed by atoms with Crippen molar-refractivity contribution in [2.45, 2.75) is 45.2 Å². The van der Waals surface area contributed by atoms with Gasteiger partial charge in [0, 0.05) is 45.3 Å². The van der Waals surface area contributed by atoms with Crippen LogP contribution >= 0.6 is 0 Å². The van der Waals surface area contributed by atoms with Crippen molar-refractivity contribution >= 4 is 5.91 Å². The summed E-state index contributed by atoms with van der Waals surface area (Å²) < 4.78 is 0. The molecule has 0 bridgehead atoms. The van der Waals surface area contributed by atoms with E-state index in [4.69, 9.17) is 0 Å². The summed E-state index contributed by atoms with van der Waals surface area (Å²) in [6, 6.07) is 1.05. The molecule has 1 amide bonds. The third kappa shape index (κ3) is 4.94. The molecular weight excluding hydrogens is 264 g/mol. The van der Waals surface area contributed by atoms with E-state index in [-0.39, 0.29) is 0 Å². The van der Waals surface area contributed by atoms with Crippen molar-refractivity contribution in [1.82, 2.24) is 20.0 Å². The lowest BCUT2D eigenvalue weighted by molar-refractivity contribution is -0.134. The maximum Gasteiger partial charge on any atom is 0.236 e. The van der Waals surface area contributed by atoms with Crippen LogP contribution in [-0.2, 0) is 4.79 Å². The van der Waals surface area contributed by atoms with E-state index < -0.39 is 0 Å². The first-order chi connectivity index (χ1) is 10.1. The Kier molecular flexibility index (Phi) is 6.45. The first-order valence-electron chi connectivity index (χ1n) is 8.50. The average Bonchev–Trinajstić information content (AvgIpc) is 2.75. The van der Waals surface area contributed by atoms with Gasteiger partial charge in [-0.05, 0) is 46.2 Å². The highest BCUT2D eigenvalue weighted by atomic mass is 16.2. The first kappa shape index (κ1) is 16.7. The summed E-state index contributed by atoms with van der Waals surface area (Å²) in [4.78, 5) is 19.3. The largest absolute Gasteiger partial charge is 0.342 e. The zero-order valence-electron chi connectivity index (χ0n) is 14.0. The van der Waals surface area contributed by atoms with Gasteiger partial charge in [0.1, 0.15) is 0 Å². The Balaban J connectivity index is 1.77. The van der Waals surface area contributed by atoms with Gasteiger partial charge in [-0.1, -0.05) is 0 Å². The molecule has 2 aliphatic rings. The average molecular weight is 296 g/mol. The number of nitrogens with zero attached hydrogens (tertiary/aromatic N) is 3. The Hall–Kier alpha value is -0.650. The molecule has 2 heterocycles. The molecule has 2 rings (SSSR count). The lowest BCUT2D eigenvalue weighted by Crippen LogP contribution is -2.49. The molecule has 5 heteroatoms. The maximum atomic E-state index is 12.5. The third-order valence-corrected chi connectivity index (χ3v) is 4.96. The van der Waals surface area contributed by atoms with Crippen LogP contribution in [-0.4, -0.2) is 85.6 Å². The van der Waals surface area contributed by atoms with Crippen molar-refractivity contribution < 1.29 is 4.79 Å². The molecule has 122 valence electrons. The lowest BCUT2D eigenvalue weighted by Gasteiger charge is -2.39. The van der Waals surface area contributed by atoms with E-state index in [1.807, 2.05) is 11.9 Å². The number of carbonyl (C=O) groups is 1. The summed E-state index contributed by atoms with van der Waals surface area (Å²) in [6.45, 7) is 11.4. The van der Waals surface area contributed by atoms with Crippen LogP contribution in [0.25, 0.3) is 0 Å². The van der Waals surface area contributed by atoms with Gasteiger partial charge >= 0.3 is 0 Å². The van der Waals surface area contributed by atoms with Gasteiger partial charge in [0.15, 0.2) is 0 Å². The van der Waals surface area contributed by atoms with Crippen LogP contribution in [0.3, 0.4) is 0 Å². The fourth-order valence-electron chi connectivity index (χ4n) is 3.36. The third-order valence-electron chi connectivity index (χ3n) is 4.96. The minimum atomic E-state index is 0.292. The number of nitrogens with one attached hydrogen (secondary N) is 1. The Morgan fingerprint density at radius 2 is 1.90 bits per heavy atom. The second-order valence-corrected chi connectivity index (χ2v) is 6.75. The second-order valence-electron chi connectivity index (χ2n) is 6.75. The normalized spacial score (nSPS) is 23.2. The summed E-state index contributed by atoms with van der Waals surface area (Å²) >= 11 is 0. The molecule has 0 aliphatic carbocycles. The van der Waals surface area contributed by atoms with Crippen LogP contribution < -0.4 is 5.32 Å². The van der Waals surface area contributed by atoms with E-state index in [1.54, 1.807) is 0 Å². The molecular formula is C16H32N4O. The standard InChI is InChI=1S/C16H32N4O/c1-14(2)20-10-5-15(6-11-20)18(3)16(21)13-19-9-4-7-17-8-12-19/h14-15,17H,4-13H2,1-3H3. The summed E-state index contributed by atoms with van der Waals surface area (Å²) in [5.74, 6) is 0.292. The van der Waals surface area contributed by atoms with E-state index in [9.17, 15) is 4.79 Å². The van der Waals surface area contributed by atoms with Crippen molar-refractivity contribution in [2.75, 3.05) is 52.9 Å². The van der Waals surface area contributed by atoms with E-state index in [0.29, 0.717) is 24.5 Å². The Morgan fingerprint density at radius 1 is 1.19 bits per heavy atom. The molecule has 0 aromatic heterocycles. The van der Waals surface area contributed by atoms with Crippen molar-refractivity contribution in [3.05, 3.63) is 0 Å². The van der Waals surface area contributed by atoms with Crippen LogP contribution in [0.4, 0.5) is 0 Å². The van der Waals surface area contributed by atoms with Crippen LogP contribution in [0, 0.1) is 0 Å². The number of rotatable bonds is 4. The zero-order valence-corrected chi connectivity index (χ0v) is 14.0. The summed E-state index contributed by atoms with van der Waals surface area (Å²) in [5.41, 5.74) is 0. The van der Waals surface area contributed by atoms with Crippen LogP contribution in [0.1, 0.15) is 33.1 Å². The fraction of sp³-hybridized carbons (Fsp3) is 0.938. The van der Waals surface area contributed by atoms with Gasteiger partial charge in [-0.25, -0.2) is 0 Å². The lowest BCUT2D eigenvalue weighted by atomic mass is 10.0. The smallest absolute Gasteiger partial charge is 0.236 e. The minimum absolute atomic E-state index is 0.292. The molecule has 2 aliphatic heterocycles. The molecule has 21 heavy (non-hydrogen) atoms. The van der Waals surface area contributed by atoms with Crippen LogP contribution in [0.15, 0.2) is 0 Å². The predicted octanol–water partition coefficient (Wildman–Crippen LogP) is 0.613. The number of piperidine rings is 1. The molecule has 2 fully saturated rings. The van der Waals surface area contributed by atoms with E-state index in [2.05, 4.69) is 29.0 Å². The molecule has 0 unspecified atom stereocenters. The topological polar surface area (TPSA) is 38.8 Å². The van der Waals surface area contributed by atoms with Gasteiger partial charge in [-0.15, -0.1) is 0 Å². The fourth-order valence-corrected chi connectivity index (χ4v) is 3.36. The van der Waals surface area contributed by atoms with Gasteiger partial charge in [0.2, 0.25) is 5.91 Å². The van der Waals surface area contributed by atoms with Crippen LogP contribution in [0.2, 0.25) is 0 Å². The molecule has 0 radical (unpaired) electrons. The minimum Gasteiger partial charge on any atom is -0.342 e. The number of hydrogen-bond acceptors (Lipinski definition) is 4. The number of likely N-dealkylation sites (N-methyl/N-ethyl adjacent to an activating group) is 1. The van der Waals surface area contributed by atoms with Gasteiger partial charge in [0.05, 0.1) is 6.54 Å². The van der Waals surface area contributed by atoms with Crippen molar-refractivity contribution in [3.8, 4) is 0 Å². The molecule has 1 N–H and O–H groups in total. The Bertz CT molecular complexity index is 318. The maximum absolute atomic E-state index is 12.5. The predicted molar refractivity (Wildman–Crippen MR) is 86.4 cm³/mol. The molecule has 0 spiro atoms. The first-order valence-corrected chi connectivity index (χ1v) is 8.50. The quantitative estimate of drug-likeness (QED) is 0.825. The van der Waals surface area contributed by atoms with E-state index in [1.165, 1.54) is 0 Å². The molecule has 2 saturated heterocycles. The van der Waals surface area contributed by atoms with E-state index in [0.717, 1.165) is 58.5 Å². The highest BCUT2D eigenvalue weighted by Gasteiger charge is 2.27. The van der Waals surface area contributed by atoms with Crippen molar-refractivity contribution in [1.29, 1.82) is 0 Å². The van der Waals surface area contributed by atoms with Crippen LogP contribution in [0.5, 0.6) is 0 Å². The Labute approximate surface area is 129 Å². The molecule has 5 nitrogen and oxygen atoms in total. The van der Waals surface area contributed by atoms with Crippen molar-refractivity contribution in [3.63, 3.8) is 0 Å². The molecule has 0 saturated carbocycles. The Morgan fingerprint density at radius 3 is 2.57 bits per heavy atom. The number of carbonyl (C=O) groups excluding carboxylic acids is 1. The molecule has 0 atom stereocenters. The summed E-state index contributed by atoms with van der Waals surface area (Å²) in [7, 11) is 1.99. The van der Waals surface area contributed by atoms with E-state index >= 15 is 0 Å². The highest BCUT2D eigenvalue weighted by molar-refractivity contribution is 5.78. The monoisotopic (exact) mass is 296 g/mol. The molecule has 0 aromatic carbocycles.